The van der Waals surface area contributed by atoms with Crippen LogP contribution in [0.3, 0.4) is 0 Å². The summed E-state index contributed by atoms with van der Waals surface area (Å²) in [5.74, 6) is 0.428. The maximum Gasteiger partial charge on any atom is 0.243 e. The predicted octanol–water partition coefficient (Wildman–Crippen LogP) is 2.60. The number of rotatable bonds is 4. The van der Waals surface area contributed by atoms with Crippen LogP contribution in [0.5, 0.6) is 0 Å². The molecule has 0 amide bonds. The molecule has 21 heavy (non-hydrogen) atoms. The molecule has 1 aromatic rings. The first kappa shape index (κ1) is 16.2. The smallest absolute Gasteiger partial charge is 0.243 e. The van der Waals surface area contributed by atoms with Gasteiger partial charge in [0.05, 0.1) is 17.6 Å². The predicted molar refractivity (Wildman–Crippen MR) is 83.7 cm³/mol. The average molecular weight is 309 g/mol. The van der Waals surface area contributed by atoms with Crippen molar-refractivity contribution in [1.82, 2.24) is 4.31 Å². The third-order valence-corrected chi connectivity index (χ3v) is 5.30. The normalized spacial score (nSPS) is 21.2. The number of hydrogen-bond acceptors (Lipinski definition) is 3. The van der Waals surface area contributed by atoms with E-state index in [1.807, 2.05) is 31.2 Å². The Morgan fingerprint density at radius 1 is 1.29 bits per heavy atom. The molecule has 0 N–H and O–H groups in total. The summed E-state index contributed by atoms with van der Waals surface area (Å²) in [6, 6.07) is 6.98. The van der Waals surface area contributed by atoms with Crippen molar-refractivity contribution in [3.63, 3.8) is 0 Å². The van der Waals surface area contributed by atoms with Crippen LogP contribution < -0.4 is 0 Å². The number of aryl methyl sites for hydroxylation is 1. The Balaban J connectivity index is 2.14. The zero-order valence-corrected chi connectivity index (χ0v) is 13.6. The summed E-state index contributed by atoms with van der Waals surface area (Å²) >= 11 is 0. The Labute approximate surface area is 127 Å². The van der Waals surface area contributed by atoms with E-state index in [1.54, 1.807) is 12.1 Å². The van der Waals surface area contributed by atoms with E-state index in [2.05, 4.69) is 13.8 Å². The molecular formula is C16H23NO3S. The van der Waals surface area contributed by atoms with Gasteiger partial charge in [-0.2, -0.15) is 4.31 Å². The van der Waals surface area contributed by atoms with E-state index in [9.17, 15) is 8.42 Å². The molecule has 0 aromatic heterocycles. The Hall–Kier alpha value is -1.17. The molecule has 1 saturated heterocycles. The van der Waals surface area contributed by atoms with Gasteiger partial charge in [0.25, 0.3) is 0 Å². The van der Waals surface area contributed by atoms with Crippen molar-refractivity contribution >= 4 is 10.0 Å². The summed E-state index contributed by atoms with van der Waals surface area (Å²) in [5, 5.41) is 0. The van der Waals surface area contributed by atoms with Gasteiger partial charge < -0.3 is 4.74 Å². The molecule has 1 aromatic carbocycles. The lowest BCUT2D eigenvalue weighted by Gasteiger charge is -2.30. The summed E-state index contributed by atoms with van der Waals surface area (Å²) in [6.45, 7) is 7.32. The Kier molecular flexibility index (Phi) is 5.19. The van der Waals surface area contributed by atoms with Crippen molar-refractivity contribution in [2.75, 3.05) is 19.7 Å². The van der Waals surface area contributed by atoms with Gasteiger partial charge in [0.1, 0.15) is 0 Å². The number of benzene rings is 1. The number of morpholine rings is 1. The molecule has 1 heterocycles. The quantitative estimate of drug-likeness (QED) is 0.803. The van der Waals surface area contributed by atoms with Crippen molar-refractivity contribution in [2.45, 2.75) is 31.8 Å². The lowest BCUT2D eigenvalue weighted by molar-refractivity contribution is 0.0266. The van der Waals surface area contributed by atoms with Gasteiger partial charge in [-0.3, -0.25) is 0 Å². The van der Waals surface area contributed by atoms with Crippen LogP contribution in [0, 0.1) is 12.8 Å². The molecule has 0 aliphatic carbocycles. The van der Waals surface area contributed by atoms with Crippen molar-refractivity contribution in [2.24, 2.45) is 5.92 Å². The SMILES string of the molecule is Cc1ccc(S(=O)(=O)N2CCO[C@@H](/C=C/C(C)C)C2)cc1. The molecule has 2 rings (SSSR count). The fourth-order valence-electron chi connectivity index (χ4n) is 2.19. The van der Waals surface area contributed by atoms with Crippen LogP contribution in [-0.4, -0.2) is 38.5 Å². The second-order valence-electron chi connectivity index (χ2n) is 5.71. The molecule has 1 fully saturated rings. The van der Waals surface area contributed by atoms with Crippen LogP contribution >= 0.6 is 0 Å². The van der Waals surface area contributed by atoms with E-state index in [0.717, 1.165) is 5.56 Å². The monoisotopic (exact) mass is 309 g/mol. The third kappa shape index (κ3) is 4.15. The molecule has 5 heteroatoms. The van der Waals surface area contributed by atoms with Crippen LogP contribution in [0.2, 0.25) is 0 Å². The van der Waals surface area contributed by atoms with Gasteiger partial charge in [0.2, 0.25) is 10.0 Å². The Morgan fingerprint density at radius 3 is 2.57 bits per heavy atom. The van der Waals surface area contributed by atoms with Crippen LogP contribution in [0.1, 0.15) is 19.4 Å². The molecule has 1 aliphatic rings. The zero-order chi connectivity index (χ0) is 15.5. The Morgan fingerprint density at radius 2 is 1.95 bits per heavy atom. The lowest BCUT2D eigenvalue weighted by Crippen LogP contribution is -2.44. The highest BCUT2D eigenvalue weighted by Gasteiger charge is 2.29. The highest BCUT2D eigenvalue weighted by Crippen LogP contribution is 2.19. The molecule has 0 radical (unpaired) electrons. The first-order chi connectivity index (χ1) is 9.89. The highest BCUT2D eigenvalue weighted by atomic mass is 32.2. The first-order valence-electron chi connectivity index (χ1n) is 7.26. The molecule has 0 spiro atoms. The number of nitrogens with zero attached hydrogens (tertiary/aromatic N) is 1. The second kappa shape index (κ2) is 6.73. The Bertz CT molecular complexity index is 590. The van der Waals surface area contributed by atoms with E-state index in [0.29, 0.717) is 30.5 Å². The summed E-state index contributed by atoms with van der Waals surface area (Å²) in [4.78, 5) is 0.349. The summed E-state index contributed by atoms with van der Waals surface area (Å²) in [7, 11) is -3.43. The van der Waals surface area contributed by atoms with Gasteiger partial charge in [0.15, 0.2) is 0 Å². The van der Waals surface area contributed by atoms with Crippen LogP contribution in [0.15, 0.2) is 41.3 Å². The first-order valence-corrected chi connectivity index (χ1v) is 8.70. The van der Waals surface area contributed by atoms with Crippen LogP contribution in [-0.2, 0) is 14.8 Å². The van der Waals surface area contributed by atoms with Gasteiger partial charge >= 0.3 is 0 Å². The zero-order valence-electron chi connectivity index (χ0n) is 12.8. The molecule has 0 saturated carbocycles. The standard InChI is InChI=1S/C16H23NO3S/c1-13(2)4-7-15-12-17(10-11-20-15)21(18,19)16-8-5-14(3)6-9-16/h4-9,13,15H,10-12H2,1-3H3/b7-4+/t15-/m0/s1. The van der Waals surface area contributed by atoms with Gasteiger partial charge in [-0.25, -0.2) is 8.42 Å². The molecule has 0 bridgehead atoms. The topological polar surface area (TPSA) is 46.6 Å². The maximum absolute atomic E-state index is 12.6. The minimum Gasteiger partial charge on any atom is -0.371 e. The average Bonchev–Trinajstić information content (AvgIpc) is 2.46. The van der Waals surface area contributed by atoms with E-state index >= 15 is 0 Å². The molecule has 1 atom stereocenters. The van der Waals surface area contributed by atoms with Crippen LogP contribution in [0.25, 0.3) is 0 Å². The van der Waals surface area contributed by atoms with Gasteiger partial charge in [-0.15, -0.1) is 0 Å². The van der Waals surface area contributed by atoms with E-state index < -0.39 is 10.0 Å². The van der Waals surface area contributed by atoms with Gasteiger partial charge in [0, 0.05) is 13.1 Å². The third-order valence-electron chi connectivity index (χ3n) is 3.43. The number of ether oxygens (including phenoxy) is 1. The molecule has 116 valence electrons. The van der Waals surface area contributed by atoms with Crippen molar-refractivity contribution in [3.05, 3.63) is 42.0 Å². The fraction of sp³-hybridized carbons (Fsp3) is 0.500. The van der Waals surface area contributed by atoms with E-state index in [-0.39, 0.29) is 6.10 Å². The van der Waals surface area contributed by atoms with Crippen molar-refractivity contribution in [3.8, 4) is 0 Å². The van der Waals surface area contributed by atoms with Crippen molar-refractivity contribution < 1.29 is 13.2 Å². The summed E-state index contributed by atoms with van der Waals surface area (Å²) < 4.78 is 32.4. The minimum absolute atomic E-state index is 0.165. The maximum atomic E-state index is 12.6. The molecule has 0 unspecified atom stereocenters. The van der Waals surface area contributed by atoms with Gasteiger partial charge in [-0.1, -0.05) is 43.7 Å². The second-order valence-corrected chi connectivity index (χ2v) is 7.65. The number of hydrogen-bond donors (Lipinski definition) is 0. The lowest BCUT2D eigenvalue weighted by atomic mass is 10.1. The summed E-state index contributed by atoms with van der Waals surface area (Å²) in [5.41, 5.74) is 1.05. The van der Waals surface area contributed by atoms with E-state index in [1.165, 1.54) is 4.31 Å². The molecule has 4 nitrogen and oxygen atoms in total. The minimum atomic E-state index is -3.43. The fourth-order valence-corrected chi connectivity index (χ4v) is 3.63. The molecular weight excluding hydrogens is 286 g/mol. The van der Waals surface area contributed by atoms with Crippen LogP contribution in [0.4, 0.5) is 0 Å². The van der Waals surface area contributed by atoms with Crippen molar-refractivity contribution in [1.29, 1.82) is 0 Å². The summed E-state index contributed by atoms with van der Waals surface area (Å²) in [6.07, 6.45) is 3.84. The number of sulfonamides is 1. The van der Waals surface area contributed by atoms with E-state index in [4.69, 9.17) is 4.74 Å². The largest absolute Gasteiger partial charge is 0.371 e. The molecule has 1 aliphatic heterocycles. The van der Waals surface area contributed by atoms with Gasteiger partial charge in [-0.05, 0) is 25.0 Å². The number of allylic oxidation sites excluding steroid dienone is 1. The highest BCUT2D eigenvalue weighted by molar-refractivity contribution is 7.89.